The first-order valence-electron chi connectivity index (χ1n) is 3.35. The van der Waals surface area contributed by atoms with Gasteiger partial charge in [0.05, 0.1) is 0 Å². The summed E-state index contributed by atoms with van der Waals surface area (Å²) in [6.45, 7) is 1.85. The van der Waals surface area contributed by atoms with E-state index >= 15 is 0 Å². The zero-order valence-corrected chi connectivity index (χ0v) is 7.63. The third-order valence-corrected chi connectivity index (χ3v) is 1.83. The lowest BCUT2D eigenvalue weighted by Gasteiger charge is -2.02. The Labute approximate surface area is 79.7 Å². The lowest BCUT2D eigenvalue weighted by Crippen LogP contribution is -2.06. The van der Waals surface area contributed by atoms with Crippen LogP contribution in [0.3, 0.4) is 0 Å². The molecule has 0 radical (unpaired) electrons. The molecule has 1 aromatic rings. The van der Waals surface area contributed by atoms with Gasteiger partial charge in [0.15, 0.2) is 0 Å². The van der Waals surface area contributed by atoms with Crippen molar-refractivity contribution in [1.82, 2.24) is 0 Å². The molecule has 0 unspecified atom stereocenters. The minimum absolute atomic E-state index is 0. The zero-order chi connectivity index (χ0) is 9.14. The van der Waals surface area contributed by atoms with Gasteiger partial charge in [-0.2, -0.15) is 0 Å². The molecular formula is C8H9ClFNO2. The van der Waals surface area contributed by atoms with Crippen LogP contribution in [-0.2, 0) is 0 Å². The van der Waals surface area contributed by atoms with Gasteiger partial charge >= 0.3 is 6.09 Å². The van der Waals surface area contributed by atoms with Gasteiger partial charge in [-0.1, -0.05) is 17.7 Å². The van der Waals surface area contributed by atoms with Gasteiger partial charge in [-0.3, -0.25) is 10.0 Å². The highest BCUT2D eigenvalue weighted by Gasteiger charge is 1.99. The van der Waals surface area contributed by atoms with Gasteiger partial charge in [-0.05, 0) is 24.6 Å². The van der Waals surface area contributed by atoms with Crippen molar-refractivity contribution in [3.63, 3.8) is 0 Å². The summed E-state index contributed by atoms with van der Waals surface area (Å²) >= 11 is 5.76. The molecule has 0 spiro atoms. The third-order valence-electron chi connectivity index (χ3n) is 1.42. The maximum absolute atomic E-state index is 10.2. The third kappa shape index (κ3) is 3.29. The SMILES string of the molecule is Cc1ccc(NC(=O)O)cc1Cl.F. The molecule has 0 aromatic heterocycles. The smallest absolute Gasteiger partial charge is 0.409 e. The molecular weight excluding hydrogens is 197 g/mol. The average Bonchev–Trinajstić information content (AvgIpc) is 1.96. The number of nitrogens with one attached hydrogen (secondary N) is 1. The number of benzene rings is 1. The van der Waals surface area contributed by atoms with Crippen LogP contribution in [0.4, 0.5) is 15.2 Å². The monoisotopic (exact) mass is 205 g/mol. The van der Waals surface area contributed by atoms with E-state index < -0.39 is 6.09 Å². The van der Waals surface area contributed by atoms with Crippen molar-refractivity contribution in [1.29, 1.82) is 0 Å². The number of carboxylic acid groups (broad SMARTS) is 1. The summed E-state index contributed by atoms with van der Waals surface area (Å²) in [5.41, 5.74) is 1.41. The molecule has 13 heavy (non-hydrogen) atoms. The number of hydrogen-bond acceptors (Lipinski definition) is 1. The van der Waals surface area contributed by atoms with Gasteiger partial charge in [0.25, 0.3) is 0 Å². The molecule has 0 bridgehead atoms. The van der Waals surface area contributed by atoms with Crippen LogP contribution in [0.25, 0.3) is 0 Å². The Bertz CT molecular complexity index is 317. The summed E-state index contributed by atoms with van der Waals surface area (Å²) in [6.07, 6.45) is -1.09. The summed E-state index contributed by atoms with van der Waals surface area (Å²) in [7, 11) is 0. The average molecular weight is 206 g/mol. The topological polar surface area (TPSA) is 49.3 Å². The fraction of sp³-hybridized carbons (Fsp3) is 0.125. The Hall–Kier alpha value is -1.29. The molecule has 5 heteroatoms. The van der Waals surface area contributed by atoms with E-state index in [0.29, 0.717) is 10.7 Å². The zero-order valence-electron chi connectivity index (χ0n) is 6.87. The fourth-order valence-corrected chi connectivity index (χ4v) is 0.975. The Balaban J connectivity index is 0.00000144. The molecule has 3 nitrogen and oxygen atoms in total. The van der Waals surface area contributed by atoms with Gasteiger partial charge in [0, 0.05) is 10.7 Å². The van der Waals surface area contributed by atoms with Crippen molar-refractivity contribution in [2.45, 2.75) is 6.92 Å². The lowest BCUT2D eigenvalue weighted by molar-refractivity contribution is 0.210. The van der Waals surface area contributed by atoms with Gasteiger partial charge < -0.3 is 5.11 Å². The van der Waals surface area contributed by atoms with E-state index in [2.05, 4.69) is 5.32 Å². The standard InChI is InChI=1S/C8H8ClNO2.FH/c1-5-2-3-6(4-7(5)9)10-8(11)12;/h2-4,10H,1H3,(H,11,12);1H. The highest BCUT2D eigenvalue weighted by Crippen LogP contribution is 2.19. The van der Waals surface area contributed by atoms with Crippen LogP contribution in [-0.4, -0.2) is 11.2 Å². The minimum Gasteiger partial charge on any atom is -0.465 e. The maximum atomic E-state index is 10.2. The van der Waals surface area contributed by atoms with Gasteiger partial charge in [-0.15, -0.1) is 0 Å². The van der Waals surface area contributed by atoms with Crippen LogP contribution >= 0.6 is 11.6 Å². The summed E-state index contributed by atoms with van der Waals surface area (Å²) in [5, 5.41) is 11.1. The van der Waals surface area contributed by atoms with Crippen molar-refractivity contribution in [3.05, 3.63) is 28.8 Å². The molecule has 0 fully saturated rings. The second-order valence-corrected chi connectivity index (χ2v) is 2.80. The van der Waals surface area contributed by atoms with Crippen LogP contribution in [0.5, 0.6) is 0 Å². The normalized spacial score (nSPS) is 8.77. The molecule has 0 saturated heterocycles. The Morgan fingerprint density at radius 3 is 2.62 bits per heavy atom. The fourth-order valence-electron chi connectivity index (χ4n) is 0.794. The van der Waals surface area contributed by atoms with Crippen molar-refractivity contribution >= 4 is 23.4 Å². The number of aryl methyl sites for hydroxylation is 1. The molecule has 72 valence electrons. The number of halogens is 2. The number of hydrogen-bond donors (Lipinski definition) is 2. The maximum Gasteiger partial charge on any atom is 0.409 e. The first-order valence-corrected chi connectivity index (χ1v) is 3.73. The molecule has 0 aliphatic heterocycles. The van der Waals surface area contributed by atoms with E-state index in [-0.39, 0.29) is 4.70 Å². The molecule has 0 aliphatic rings. The molecule has 1 amide bonds. The molecule has 0 saturated carbocycles. The van der Waals surface area contributed by atoms with Gasteiger partial charge in [0.1, 0.15) is 0 Å². The van der Waals surface area contributed by atoms with Gasteiger partial charge in [0.2, 0.25) is 0 Å². The van der Waals surface area contributed by atoms with Gasteiger partial charge in [-0.25, -0.2) is 4.79 Å². The quantitative estimate of drug-likeness (QED) is 0.741. The number of amides is 1. The summed E-state index contributed by atoms with van der Waals surface area (Å²) in [4.78, 5) is 10.2. The van der Waals surface area contributed by atoms with E-state index in [1.165, 1.54) is 0 Å². The minimum atomic E-state index is -1.09. The largest absolute Gasteiger partial charge is 0.465 e. The Morgan fingerprint density at radius 1 is 1.54 bits per heavy atom. The van der Waals surface area contributed by atoms with Crippen molar-refractivity contribution in [3.8, 4) is 0 Å². The second kappa shape index (κ2) is 4.67. The van der Waals surface area contributed by atoms with Crippen LogP contribution in [0, 0.1) is 6.92 Å². The van der Waals surface area contributed by atoms with Crippen LogP contribution in [0.15, 0.2) is 18.2 Å². The first-order chi connectivity index (χ1) is 5.59. The highest BCUT2D eigenvalue weighted by molar-refractivity contribution is 6.31. The molecule has 1 aromatic carbocycles. The van der Waals surface area contributed by atoms with Crippen molar-refractivity contribution < 1.29 is 14.6 Å². The summed E-state index contributed by atoms with van der Waals surface area (Å²) in [6, 6.07) is 4.99. The van der Waals surface area contributed by atoms with Crippen LogP contribution < -0.4 is 5.32 Å². The van der Waals surface area contributed by atoms with Crippen molar-refractivity contribution in [2.24, 2.45) is 0 Å². The van der Waals surface area contributed by atoms with E-state index in [9.17, 15) is 4.79 Å². The predicted octanol–water partition coefficient (Wildman–Crippen LogP) is 2.89. The lowest BCUT2D eigenvalue weighted by atomic mass is 10.2. The van der Waals surface area contributed by atoms with Crippen molar-refractivity contribution in [2.75, 3.05) is 5.32 Å². The number of anilines is 1. The van der Waals surface area contributed by atoms with Crippen LogP contribution in [0.2, 0.25) is 5.02 Å². The second-order valence-electron chi connectivity index (χ2n) is 2.39. The molecule has 0 atom stereocenters. The first kappa shape index (κ1) is 11.7. The summed E-state index contributed by atoms with van der Waals surface area (Å²) < 4.78 is 0. The summed E-state index contributed by atoms with van der Waals surface area (Å²) in [5.74, 6) is 0. The van der Waals surface area contributed by atoms with E-state index in [1.807, 2.05) is 6.92 Å². The Kier molecular flexibility index (Phi) is 4.20. The molecule has 1 rings (SSSR count). The molecule has 0 aliphatic carbocycles. The highest BCUT2D eigenvalue weighted by atomic mass is 35.5. The Morgan fingerprint density at radius 2 is 2.15 bits per heavy atom. The predicted molar refractivity (Wildman–Crippen MR) is 50.3 cm³/mol. The number of carbonyl (C=O) groups is 1. The van der Waals surface area contributed by atoms with E-state index in [0.717, 1.165) is 5.56 Å². The van der Waals surface area contributed by atoms with E-state index in [1.54, 1.807) is 18.2 Å². The number of rotatable bonds is 1. The molecule has 0 heterocycles. The molecule has 2 N–H and O–H groups in total. The van der Waals surface area contributed by atoms with E-state index in [4.69, 9.17) is 16.7 Å². The van der Waals surface area contributed by atoms with Crippen LogP contribution in [0.1, 0.15) is 5.56 Å².